The summed E-state index contributed by atoms with van der Waals surface area (Å²) in [5.41, 5.74) is 3.34. The molecule has 4 nitrogen and oxygen atoms in total. The van der Waals surface area contributed by atoms with Gasteiger partial charge in [-0.3, -0.25) is 0 Å². The second-order valence-corrected chi connectivity index (χ2v) is 4.51. The number of hydrogen-bond donors (Lipinski definition) is 0. The van der Waals surface area contributed by atoms with Crippen molar-refractivity contribution in [2.75, 3.05) is 7.11 Å². The lowest BCUT2D eigenvalue weighted by Crippen LogP contribution is -2.02. The average Bonchev–Trinajstić information content (AvgIpc) is 2.46. The molecular formula is C16H16N2O2. The van der Waals surface area contributed by atoms with Gasteiger partial charge in [0, 0.05) is 6.07 Å². The van der Waals surface area contributed by atoms with Crippen LogP contribution in [0.25, 0.3) is 0 Å². The van der Waals surface area contributed by atoms with Gasteiger partial charge in [0.05, 0.1) is 24.4 Å². The van der Waals surface area contributed by atoms with Crippen molar-refractivity contribution in [3.8, 4) is 17.7 Å². The predicted molar refractivity (Wildman–Crippen MR) is 75.8 cm³/mol. The molecule has 1 heterocycles. The topological polar surface area (TPSA) is 55.1 Å². The van der Waals surface area contributed by atoms with Crippen LogP contribution in [0.5, 0.6) is 11.6 Å². The van der Waals surface area contributed by atoms with E-state index in [9.17, 15) is 0 Å². The van der Waals surface area contributed by atoms with Gasteiger partial charge in [-0.15, -0.1) is 0 Å². The van der Waals surface area contributed by atoms with Gasteiger partial charge in [0.2, 0.25) is 5.88 Å². The van der Waals surface area contributed by atoms with Crippen molar-refractivity contribution in [1.29, 1.82) is 5.26 Å². The molecule has 0 saturated carbocycles. The number of nitriles is 1. The minimum absolute atomic E-state index is 0.366. The van der Waals surface area contributed by atoms with Crippen LogP contribution in [0.15, 0.2) is 30.3 Å². The largest absolute Gasteiger partial charge is 0.487 e. The van der Waals surface area contributed by atoms with Crippen molar-refractivity contribution in [3.63, 3.8) is 0 Å². The van der Waals surface area contributed by atoms with Crippen LogP contribution < -0.4 is 9.47 Å². The molecule has 0 atom stereocenters. The zero-order valence-corrected chi connectivity index (χ0v) is 11.8. The number of benzene rings is 1. The van der Waals surface area contributed by atoms with Crippen LogP contribution in [0, 0.1) is 25.2 Å². The highest BCUT2D eigenvalue weighted by Gasteiger charge is 2.07. The Balaban J connectivity index is 2.17. The lowest BCUT2D eigenvalue weighted by Gasteiger charge is -2.12. The highest BCUT2D eigenvalue weighted by molar-refractivity contribution is 5.47. The number of pyridine rings is 1. The summed E-state index contributed by atoms with van der Waals surface area (Å²) < 4.78 is 10.9. The van der Waals surface area contributed by atoms with Gasteiger partial charge in [-0.25, -0.2) is 4.98 Å². The molecular weight excluding hydrogens is 252 g/mol. The highest BCUT2D eigenvalue weighted by atomic mass is 16.5. The Bertz CT molecular complexity index is 637. The van der Waals surface area contributed by atoms with Crippen LogP contribution in [0.2, 0.25) is 0 Å². The Kier molecular flexibility index (Phi) is 4.21. The Morgan fingerprint density at radius 1 is 1.20 bits per heavy atom. The smallest absolute Gasteiger partial charge is 0.213 e. The standard InChI is InChI=1S/C16H16N2O2/c1-11-7-13(9-17)8-12(2)16(11)20-10-14-5-4-6-15(18-14)19-3/h4-8H,10H2,1-3H3. The van der Waals surface area contributed by atoms with Gasteiger partial charge in [-0.05, 0) is 43.2 Å². The molecule has 2 aromatic rings. The molecule has 0 spiro atoms. The fourth-order valence-corrected chi connectivity index (χ4v) is 2.04. The summed E-state index contributed by atoms with van der Waals surface area (Å²) in [7, 11) is 1.59. The molecule has 1 aromatic heterocycles. The van der Waals surface area contributed by atoms with Gasteiger partial charge < -0.3 is 9.47 Å². The first-order valence-corrected chi connectivity index (χ1v) is 6.28. The van der Waals surface area contributed by atoms with E-state index in [1.165, 1.54) is 0 Å². The molecule has 0 bridgehead atoms. The van der Waals surface area contributed by atoms with Gasteiger partial charge in [0.15, 0.2) is 0 Å². The van der Waals surface area contributed by atoms with Crippen LogP contribution in [0.3, 0.4) is 0 Å². The number of aryl methyl sites for hydroxylation is 2. The van der Waals surface area contributed by atoms with E-state index in [1.807, 2.05) is 38.1 Å². The van der Waals surface area contributed by atoms with E-state index in [-0.39, 0.29) is 0 Å². The maximum atomic E-state index is 8.93. The van der Waals surface area contributed by atoms with Gasteiger partial charge >= 0.3 is 0 Å². The molecule has 0 aliphatic carbocycles. The first-order valence-electron chi connectivity index (χ1n) is 6.28. The van der Waals surface area contributed by atoms with Crippen molar-refractivity contribution in [2.24, 2.45) is 0 Å². The quantitative estimate of drug-likeness (QED) is 0.854. The van der Waals surface area contributed by atoms with Crippen molar-refractivity contribution >= 4 is 0 Å². The van der Waals surface area contributed by atoms with Crippen LogP contribution in [-0.4, -0.2) is 12.1 Å². The summed E-state index contributed by atoms with van der Waals surface area (Å²) in [6.45, 7) is 4.23. The molecule has 1 aromatic carbocycles. The van der Waals surface area contributed by atoms with Gasteiger partial charge in [0.1, 0.15) is 12.4 Å². The van der Waals surface area contributed by atoms with E-state index in [4.69, 9.17) is 14.7 Å². The van der Waals surface area contributed by atoms with Crippen LogP contribution in [0.4, 0.5) is 0 Å². The first kappa shape index (κ1) is 13.9. The molecule has 102 valence electrons. The molecule has 2 rings (SSSR count). The Morgan fingerprint density at radius 2 is 1.90 bits per heavy atom. The fourth-order valence-electron chi connectivity index (χ4n) is 2.04. The number of aromatic nitrogens is 1. The van der Waals surface area contributed by atoms with E-state index in [2.05, 4.69) is 11.1 Å². The van der Waals surface area contributed by atoms with E-state index < -0.39 is 0 Å². The van der Waals surface area contributed by atoms with Gasteiger partial charge in [0.25, 0.3) is 0 Å². The Morgan fingerprint density at radius 3 is 2.50 bits per heavy atom. The van der Waals surface area contributed by atoms with Crippen molar-refractivity contribution < 1.29 is 9.47 Å². The van der Waals surface area contributed by atoms with E-state index >= 15 is 0 Å². The average molecular weight is 268 g/mol. The molecule has 0 saturated heterocycles. The van der Waals surface area contributed by atoms with E-state index in [1.54, 1.807) is 13.2 Å². The zero-order chi connectivity index (χ0) is 14.5. The minimum Gasteiger partial charge on any atom is -0.487 e. The minimum atomic E-state index is 0.366. The Labute approximate surface area is 118 Å². The van der Waals surface area contributed by atoms with Crippen LogP contribution in [-0.2, 0) is 6.61 Å². The lowest BCUT2D eigenvalue weighted by molar-refractivity contribution is 0.294. The van der Waals surface area contributed by atoms with E-state index in [0.29, 0.717) is 18.1 Å². The van der Waals surface area contributed by atoms with Crippen LogP contribution >= 0.6 is 0 Å². The normalized spacial score (nSPS) is 9.90. The summed E-state index contributed by atoms with van der Waals surface area (Å²) in [5, 5.41) is 8.93. The van der Waals surface area contributed by atoms with Crippen molar-refractivity contribution in [2.45, 2.75) is 20.5 Å². The van der Waals surface area contributed by atoms with Crippen molar-refractivity contribution in [1.82, 2.24) is 4.98 Å². The molecule has 0 aliphatic rings. The molecule has 4 heteroatoms. The number of methoxy groups -OCH3 is 1. The van der Waals surface area contributed by atoms with Gasteiger partial charge in [-0.1, -0.05) is 6.07 Å². The fraction of sp³-hybridized carbons (Fsp3) is 0.250. The maximum absolute atomic E-state index is 8.93. The summed E-state index contributed by atoms with van der Waals surface area (Å²) in [5.74, 6) is 1.37. The third kappa shape index (κ3) is 3.07. The summed E-state index contributed by atoms with van der Waals surface area (Å²) >= 11 is 0. The second kappa shape index (κ2) is 6.07. The highest BCUT2D eigenvalue weighted by Crippen LogP contribution is 2.25. The molecule has 0 amide bonds. The predicted octanol–water partition coefficient (Wildman–Crippen LogP) is 3.16. The third-order valence-electron chi connectivity index (χ3n) is 2.94. The lowest BCUT2D eigenvalue weighted by atomic mass is 10.1. The zero-order valence-electron chi connectivity index (χ0n) is 11.8. The molecule has 0 aliphatic heterocycles. The molecule has 20 heavy (non-hydrogen) atoms. The number of hydrogen-bond acceptors (Lipinski definition) is 4. The summed E-state index contributed by atoms with van der Waals surface area (Å²) in [4.78, 5) is 4.30. The molecule has 0 N–H and O–H groups in total. The van der Waals surface area contributed by atoms with E-state index in [0.717, 1.165) is 22.6 Å². The second-order valence-electron chi connectivity index (χ2n) is 4.51. The third-order valence-corrected chi connectivity index (χ3v) is 2.94. The summed E-state index contributed by atoms with van der Waals surface area (Å²) in [6.07, 6.45) is 0. The number of rotatable bonds is 4. The number of nitrogens with zero attached hydrogens (tertiary/aromatic N) is 2. The van der Waals surface area contributed by atoms with Gasteiger partial charge in [-0.2, -0.15) is 5.26 Å². The SMILES string of the molecule is COc1cccc(COc2c(C)cc(C#N)cc2C)n1. The number of ether oxygens (including phenoxy) is 2. The van der Waals surface area contributed by atoms with Crippen LogP contribution in [0.1, 0.15) is 22.4 Å². The first-order chi connectivity index (χ1) is 9.63. The molecule has 0 radical (unpaired) electrons. The van der Waals surface area contributed by atoms with Crippen molar-refractivity contribution in [3.05, 3.63) is 52.7 Å². The summed E-state index contributed by atoms with van der Waals surface area (Å²) in [6, 6.07) is 11.3. The Hall–Kier alpha value is -2.54. The maximum Gasteiger partial charge on any atom is 0.213 e. The molecule has 0 fully saturated rings. The monoisotopic (exact) mass is 268 g/mol. The molecule has 0 unspecified atom stereocenters.